The minimum absolute atomic E-state index is 0.00570. The quantitative estimate of drug-likeness (QED) is 0.560. The van der Waals surface area contributed by atoms with Gasteiger partial charge in [0, 0.05) is 17.3 Å². The lowest BCUT2D eigenvalue weighted by Crippen LogP contribution is -2.21. The van der Waals surface area contributed by atoms with Crippen molar-refractivity contribution in [2.45, 2.75) is 24.5 Å². The maximum absolute atomic E-state index is 12.9. The number of carbonyl (C=O) groups is 1. The van der Waals surface area contributed by atoms with Gasteiger partial charge in [-0.1, -0.05) is 11.6 Å². The van der Waals surface area contributed by atoms with Crippen LogP contribution in [0.25, 0.3) is 0 Å². The summed E-state index contributed by atoms with van der Waals surface area (Å²) < 4.78 is 66.3. The molecule has 0 bridgehead atoms. The van der Waals surface area contributed by atoms with Gasteiger partial charge in [0.05, 0.1) is 15.6 Å². The molecule has 0 aliphatic heterocycles. The SMILES string of the molecule is Cc1c(Cl)c(C(F)(F)F)nn1CC(=O)Nc1ccc(S(=O)(=O)Nc2nccs2)cc1. The first kappa shape index (κ1) is 22.1. The molecule has 0 saturated heterocycles. The summed E-state index contributed by atoms with van der Waals surface area (Å²) in [7, 11) is -3.85. The Hall–Kier alpha value is -2.64. The number of sulfonamides is 1. The standard InChI is InChI=1S/C16H13ClF3N5O3S2/c1-9-13(17)14(16(18,19)20)23-25(9)8-12(26)22-10-2-4-11(5-3-10)30(27,28)24-15-21-6-7-29-15/h2-7H,8H2,1H3,(H,21,24)(H,22,26). The first-order valence-corrected chi connectivity index (χ1v) is 10.8. The van der Waals surface area contributed by atoms with Crippen molar-refractivity contribution in [2.75, 3.05) is 10.0 Å². The number of thiazole rings is 1. The lowest BCUT2D eigenvalue weighted by molar-refractivity contribution is -0.141. The molecule has 0 radical (unpaired) electrons. The Labute approximate surface area is 177 Å². The summed E-state index contributed by atoms with van der Waals surface area (Å²) in [5, 5.41) is 7.06. The van der Waals surface area contributed by atoms with Crippen LogP contribution in [0.3, 0.4) is 0 Å². The number of aromatic nitrogens is 3. The summed E-state index contributed by atoms with van der Waals surface area (Å²) >= 11 is 6.77. The maximum Gasteiger partial charge on any atom is 0.436 e. The van der Waals surface area contributed by atoms with Crippen LogP contribution in [0.2, 0.25) is 5.02 Å². The van der Waals surface area contributed by atoms with Crippen LogP contribution in [-0.2, 0) is 27.5 Å². The molecule has 160 valence electrons. The molecule has 0 fully saturated rings. The highest BCUT2D eigenvalue weighted by molar-refractivity contribution is 7.93. The molecule has 2 aromatic heterocycles. The van der Waals surface area contributed by atoms with E-state index >= 15 is 0 Å². The van der Waals surface area contributed by atoms with Gasteiger partial charge in [0.1, 0.15) is 6.54 Å². The van der Waals surface area contributed by atoms with E-state index in [0.29, 0.717) is 0 Å². The number of hydrogen-bond acceptors (Lipinski definition) is 6. The van der Waals surface area contributed by atoms with Gasteiger partial charge in [-0.05, 0) is 31.2 Å². The van der Waals surface area contributed by atoms with E-state index in [4.69, 9.17) is 11.6 Å². The van der Waals surface area contributed by atoms with E-state index in [0.717, 1.165) is 16.0 Å². The molecule has 8 nitrogen and oxygen atoms in total. The maximum atomic E-state index is 12.9. The fourth-order valence-corrected chi connectivity index (χ4v) is 4.39. The van der Waals surface area contributed by atoms with Crippen LogP contribution in [-0.4, -0.2) is 29.1 Å². The van der Waals surface area contributed by atoms with Crippen LogP contribution < -0.4 is 10.0 Å². The third kappa shape index (κ3) is 4.91. The Morgan fingerprint density at radius 3 is 2.47 bits per heavy atom. The number of nitrogens with zero attached hydrogens (tertiary/aromatic N) is 3. The normalized spacial score (nSPS) is 12.0. The molecule has 3 aromatic rings. The highest BCUT2D eigenvalue weighted by Crippen LogP contribution is 2.35. The molecular formula is C16H13ClF3N5O3S2. The predicted octanol–water partition coefficient (Wildman–Crippen LogP) is 3.76. The van der Waals surface area contributed by atoms with Crippen LogP contribution in [0.5, 0.6) is 0 Å². The van der Waals surface area contributed by atoms with E-state index in [1.54, 1.807) is 5.38 Å². The second-order valence-corrected chi connectivity index (χ2v) is 8.87. The van der Waals surface area contributed by atoms with E-state index in [-0.39, 0.29) is 21.4 Å². The van der Waals surface area contributed by atoms with Gasteiger partial charge in [-0.15, -0.1) is 11.3 Å². The molecule has 0 aliphatic rings. The molecule has 0 saturated carbocycles. The summed E-state index contributed by atoms with van der Waals surface area (Å²) in [4.78, 5) is 15.9. The smallest absolute Gasteiger partial charge is 0.324 e. The molecule has 30 heavy (non-hydrogen) atoms. The van der Waals surface area contributed by atoms with E-state index in [1.807, 2.05) is 0 Å². The number of nitrogens with one attached hydrogen (secondary N) is 2. The van der Waals surface area contributed by atoms with Crippen LogP contribution in [0, 0.1) is 6.92 Å². The first-order chi connectivity index (χ1) is 14.0. The first-order valence-electron chi connectivity index (χ1n) is 8.09. The largest absolute Gasteiger partial charge is 0.436 e. The second kappa shape index (κ2) is 8.24. The average Bonchev–Trinajstić information content (AvgIpc) is 3.25. The van der Waals surface area contributed by atoms with Crippen molar-refractivity contribution in [3.63, 3.8) is 0 Å². The Bertz CT molecular complexity index is 1160. The molecule has 14 heteroatoms. The summed E-state index contributed by atoms with van der Waals surface area (Å²) in [5.41, 5.74) is -1.02. The third-order valence-electron chi connectivity index (χ3n) is 3.80. The minimum atomic E-state index is -4.74. The van der Waals surface area contributed by atoms with Crippen LogP contribution >= 0.6 is 22.9 Å². The van der Waals surface area contributed by atoms with E-state index in [1.165, 1.54) is 37.4 Å². The van der Waals surface area contributed by atoms with Crippen molar-refractivity contribution in [1.29, 1.82) is 0 Å². The zero-order chi connectivity index (χ0) is 22.1. The summed E-state index contributed by atoms with van der Waals surface area (Å²) in [5.74, 6) is -0.664. The molecule has 0 atom stereocenters. The number of anilines is 2. The third-order valence-corrected chi connectivity index (χ3v) is 6.42. The highest BCUT2D eigenvalue weighted by atomic mass is 35.5. The van der Waals surface area contributed by atoms with Gasteiger partial charge < -0.3 is 5.32 Å². The minimum Gasteiger partial charge on any atom is -0.324 e. The zero-order valence-electron chi connectivity index (χ0n) is 15.1. The fourth-order valence-electron chi connectivity index (χ4n) is 2.36. The van der Waals surface area contributed by atoms with Gasteiger partial charge in [0.25, 0.3) is 10.0 Å². The van der Waals surface area contributed by atoms with Gasteiger partial charge >= 0.3 is 6.18 Å². The molecular weight excluding hydrogens is 467 g/mol. The molecule has 2 N–H and O–H groups in total. The number of hydrogen-bond donors (Lipinski definition) is 2. The van der Waals surface area contributed by atoms with Crippen LogP contribution in [0.15, 0.2) is 40.7 Å². The van der Waals surface area contributed by atoms with E-state index < -0.39 is 39.4 Å². The Kier molecular flexibility index (Phi) is 6.06. The Morgan fingerprint density at radius 1 is 1.27 bits per heavy atom. The molecule has 1 aromatic carbocycles. The number of alkyl halides is 3. The molecule has 0 spiro atoms. The lowest BCUT2D eigenvalue weighted by Gasteiger charge is -2.09. The van der Waals surface area contributed by atoms with Crippen molar-refractivity contribution in [3.05, 3.63) is 52.3 Å². The zero-order valence-corrected chi connectivity index (χ0v) is 17.5. The predicted molar refractivity (Wildman–Crippen MR) is 105 cm³/mol. The van der Waals surface area contributed by atoms with Crippen LogP contribution in [0.1, 0.15) is 11.4 Å². The van der Waals surface area contributed by atoms with Crippen molar-refractivity contribution in [1.82, 2.24) is 14.8 Å². The summed E-state index contributed by atoms with van der Waals surface area (Å²) in [6.45, 7) is 0.806. The number of benzene rings is 1. The van der Waals surface area contributed by atoms with Gasteiger partial charge in [-0.25, -0.2) is 13.4 Å². The molecule has 1 amide bonds. The van der Waals surface area contributed by atoms with Crippen LogP contribution in [0.4, 0.5) is 24.0 Å². The number of halogens is 4. The van der Waals surface area contributed by atoms with E-state index in [9.17, 15) is 26.4 Å². The van der Waals surface area contributed by atoms with Gasteiger partial charge in [-0.2, -0.15) is 18.3 Å². The molecule has 2 heterocycles. The Morgan fingerprint density at radius 2 is 1.93 bits per heavy atom. The van der Waals surface area contributed by atoms with Crippen molar-refractivity contribution < 1.29 is 26.4 Å². The summed E-state index contributed by atoms with van der Waals surface area (Å²) in [6.07, 6.45) is -3.29. The van der Waals surface area contributed by atoms with Crippen molar-refractivity contribution >= 4 is 49.7 Å². The average molecular weight is 480 g/mol. The number of rotatable bonds is 6. The topological polar surface area (TPSA) is 106 Å². The van der Waals surface area contributed by atoms with Crippen molar-refractivity contribution in [3.8, 4) is 0 Å². The van der Waals surface area contributed by atoms with Gasteiger partial charge in [0.2, 0.25) is 5.91 Å². The number of amides is 1. The fraction of sp³-hybridized carbons (Fsp3) is 0.188. The van der Waals surface area contributed by atoms with Gasteiger partial charge in [-0.3, -0.25) is 14.2 Å². The lowest BCUT2D eigenvalue weighted by atomic mass is 10.3. The number of carbonyl (C=O) groups excluding carboxylic acids is 1. The van der Waals surface area contributed by atoms with Crippen molar-refractivity contribution in [2.24, 2.45) is 0 Å². The Balaban J connectivity index is 1.68. The summed E-state index contributed by atoms with van der Waals surface area (Å²) in [6, 6.07) is 5.23. The molecule has 3 rings (SSSR count). The second-order valence-electron chi connectivity index (χ2n) is 5.92. The highest BCUT2D eigenvalue weighted by Gasteiger charge is 2.38. The monoisotopic (exact) mass is 479 g/mol. The van der Waals surface area contributed by atoms with Gasteiger partial charge in [0.15, 0.2) is 10.8 Å². The molecule has 0 unspecified atom stereocenters. The molecule has 0 aliphatic carbocycles. The van der Waals surface area contributed by atoms with E-state index in [2.05, 4.69) is 20.1 Å².